The molecule has 5 heteroatoms. The molecule has 0 atom stereocenters. The molecule has 1 aliphatic rings. The Morgan fingerprint density at radius 1 is 1.15 bits per heavy atom. The van der Waals surface area contributed by atoms with Crippen LogP contribution in [0.1, 0.15) is 24.8 Å². The standard InChI is InChI=1S/C21H23FN2O2/c1-26-20-8-4-3-7-16(20)9-12-21(25)23-18-15-17(22)10-11-19(18)24-13-5-2-6-14-24/h3-4,7-12,15H,2,5-6,13-14H2,1H3,(H,23,25)/b12-9+. The van der Waals surface area contributed by atoms with Crippen molar-refractivity contribution in [2.75, 3.05) is 30.4 Å². The minimum atomic E-state index is -0.366. The Hall–Kier alpha value is -2.82. The third-order valence-corrected chi connectivity index (χ3v) is 4.47. The number of hydrogen-bond acceptors (Lipinski definition) is 3. The average molecular weight is 354 g/mol. The molecule has 4 nitrogen and oxygen atoms in total. The van der Waals surface area contributed by atoms with E-state index in [1.807, 2.05) is 24.3 Å². The van der Waals surface area contributed by atoms with Gasteiger partial charge in [-0.15, -0.1) is 0 Å². The topological polar surface area (TPSA) is 41.6 Å². The molecule has 2 aromatic carbocycles. The summed E-state index contributed by atoms with van der Waals surface area (Å²) in [6.45, 7) is 1.84. The number of hydrogen-bond donors (Lipinski definition) is 1. The number of piperidine rings is 1. The number of anilines is 2. The Morgan fingerprint density at radius 3 is 2.69 bits per heavy atom. The largest absolute Gasteiger partial charge is 0.496 e. The fourth-order valence-corrected chi connectivity index (χ4v) is 3.16. The quantitative estimate of drug-likeness (QED) is 0.805. The number of benzene rings is 2. The van der Waals surface area contributed by atoms with Crippen molar-refractivity contribution in [3.05, 3.63) is 59.9 Å². The highest BCUT2D eigenvalue weighted by molar-refractivity contribution is 6.04. The SMILES string of the molecule is COc1ccccc1/C=C/C(=O)Nc1cc(F)ccc1N1CCCCC1. The lowest BCUT2D eigenvalue weighted by molar-refractivity contribution is -0.111. The maximum absolute atomic E-state index is 13.7. The van der Waals surface area contributed by atoms with Crippen molar-refractivity contribution in [3.63, 3.8) is 0 Å². The molecule has 0 unspecified atom stereocenters. The molecular weight excluding hydrogens is 331 g/mol. The Bertz CT molecular complexity index is 798. The van der Waals surface area contributed by atoms with Gasteiger partial charge >= 0.3 is 0 Å². The predicted octanol–water partition coefficient (Wildman–Crippen LogP) is 4.48. The van der Waals surface area contributed by atoms with Crippen LogP contribution >= 0.6 is 0 Å². The van der Waals surface area contributed by atoms with Crippen molar-refractivity contribution >= 4 is 23.4 Å². The summed E-state index contributed by atoms with van der Waals surface area (Å²) in [6.07, 6.45) is 6.55. The van der Waals surface area contributed by atoms with E-state index < -0.39 is 0 Å². The molecule has 2 aromatic rings. The van der Waals surface area contributed by atoms with E-state index in [4.69, 9.17) is 4.74 Å². The summed E-state index contributed by atoms with van der Waals surface area (Å²) in [5.74, 6) is 0.0193. The van der Waals surface area contributed by atoms with Crippen molar-refractivity contribution in [1.82, 2.24) is 0 Å². The van der Waals surface area contributed by atoms with Crippen LogP contribution in [0.2, 0.25) is 0 Å². The lowest BCUT2D eigenvalue weighted by Gasteiger charge is -2.30. The number of ether oxygens (including phenoxy) is 1. The summed E-state index contributed by atoms with van der Waals surface area (Å²) in [7, 11) is 1.59. The molecule has 0 spiro atoms. The highest BCUT2D eigenvalue weighted by Gasteiger charge is 2.16. The molecule has 0 saturated carbocycles. The molecular formula is C21H23FN2O2. The zero-order valence-corrected chi connectivity index (χ0v) is 14.9. The highest BCUT2D eigenvalue weighted by Crippen LogP contribution is 2.29. The molecule has 1 aliphatic heterocycles. The van der Waals surface area contributed by atoms with Crippen LogP contribution in [0.4, 0.5) is 15.8 Å². The number of carbonyl (C=O) groups is 1. The molecule has 1 heterocycles. The van der Waals surface area contributed by atoms with E-state index in [2.05, 4.69) is 10.2 Å². The lowest BCUT2D eigenvalue weighted by atomic mass is 10.1. The number of nitrogens with zero attached hydrogens (tertiary/aromatic N) is 1. The number of amides is 1. The van der Waals surface area contributed by atoms with Crippen molar-refractivity contribution < 1.29 is 13.9 Å². The lowest BCUT2D eigenvalue weighted by Crippen LogP contribution is -2.30. The summed E-state index contributed by atoms with van der Waals surface area (Å²) < 4.78 is 19.0. The minimum Gasteiger partial charge on any atom is -0.496 e. The van der Waals surface area contributed by atoms with Gasteiger partial charge in [0.15, 0.2) is 0 Å². The number of halogens is 1. The van der Waals surface area contributed by atoms with Crippen LogP contribution in [-0.4, -0.2) is 26.1 Å². The third kappa shape index (κ3) is 4.42. The molecule has 3 rings (SSSR count). The van der Waals surface area contributed by atoms with Gasteiger partial charge in [-0.25, -0.2) is 4.39 Å². The van der Waals surface area contributed by atoms with E-state index in [0.717, 1.165) is 37.2 Å². The van der Waals surface area contributed by atoms with Gasteiger partial charge < -0.3 is 15.0 Å². The summed E-state index contributed by atoms with van der Waals surface area (Å²) in [6, 6.07) is 12.0. The molecule has 0 aliphatic carbocycles. The van der Waals surface area contributed by atoms with Gasteiger partial charge in [-0.2, -0.15) is 0 Å². The van der Waals surface area contributed by atoms with Gasteiger partial charge in [0, 0.05) is 24.7 Å². The number of nitrogens with one attached hydrogen (secondary N) is 1. The van der Waals surface area contributed by atoms with Gasteiger partial charge in [-0.1, -0.05) is 18.2 Å². The number of carbonyl (C=O) groups excluding carboxylic acids is 1. The zero-order valence-electron chi connectivity index (χ0n) is 14.9. The first-order valence-corrected chi connectivity index (χ1v) is 8.84. The van der Waals surface area contributed by atoms with E-state index in [1.165, 1.54) is 24.6 Å². The van der Waals surface area contributed by atoms with E-state index in [9.17, 15) is 9.18 Å². The maximum atomic E-state index is 13.7. The number of para-hydroxylation sites is 1. The fraction of sp³-hybridized carbons (Fsp3) is 0.286. The summed E-state index contributed by atoms with van der Waals surface area (Å²) in [4.78, 5) is 14.5. The van der Waals surface area contributed by atoms with E-state index >= 15 is 0 Å². The Morgan fingerprint density at radius 2 is 1.92 bits per heavy atom. The fourth-order valence-electron chi connectivity index (χ4n) is 3.16. The molecule has 0 bridgehead atoms. The smallest absolute Gasteiger partial charge is 0.248 e. The highest BCUT2D eigenvalue weighted by atomic mass is 19.1. The van der Waals surface area contributed by atoms with Gasteiger partial charge in [0.2, 0.25) is 5.91 Å². The van der Waals surface area contributed by atoms with Crippen LogP contribution in [0.15, 0.2) is 48.5 Å². The monoisotopic (exact) mass is 354 g/mol. The number of rotatable bonds is 5. The molecule has 1 fully saturated rings. The summed E-state index contributed by atoms with van der Waals surface area (Å²) >= 11 is 0. The normalized spacial score (nSPS) is 14.5. The first-order chi connectivity index (χ1) is 12.7. The van der Waals surface area contributed by atoms with Crippen LogP contribution in [0.25, 0.3) is 6.08 Å². The minimum absolute atomic E-state index is 0.306. The molecule has 1 N–H and O–H groups in total. The molecule has 136 valence electrons. The van der Waals surface area contributed by atoms with Gasteiger partial charge in [0.05, 0.1) is 18.5 Å². The predicted molar refractivity (Wildman–Crippen MR) is 103 cm³/mol. The Kier molecular flexibility index (Phi) is 5.89. The zero-order chi connectivity index (χ0) is 18.4. The van der Waals surface area contributed by atoms with Gasteiger partial charge in [-0.3, -0.25) is 4.79 Å². The molecule has 0 aromatic heterocycles. The molecule has 26 heavy (non-hydrogen) atoms. The average Bonchev–Trinajstić information content (AvgIpc) is 2.67. The second-order valence-electron chi connectivity index (χ2n) is 6.27. The van der Waals surface area contributed by atoms with Crippen molar-refractivity contribution in [1.29, 1.82) is 0 Å². The first-order valence-electron chi connectivity index (χ1n) is 8.84. The van der Waals surface area contributed by atoms with Crippen LogP contribution in [0.3, 0.4) is 0 Å². The van der Waals surface area contributed by atoms with Crippen molar-refractivity contribution in [2.45, 2.75) is 19.3 Å². The van der Waals surface area contributed by atoms with Crippen LogP contribution < -0.4 is 15.0 Å². The van der Waals surface area contributed by atoms with E-state index in [-0.39, 0.29) is 11.7 Å². The van der Waals surface area contributed by atoms with Crippen molar-refractivity contribution in [2.24, 2.45) is 0 Å². The molecule has 1 saturated heterocycles. The van der Waals surface area contributed by atoms with E-state index in [1.54, 1.807) is 19.3 Å². The summed E-state index contributed by atoms with van der Waals surface area (Å²) in [5.41, 5.74) is 2.17. The first kappa shape index (κ1) is 18.0. The second kappa shape index (κ2) is 8.52. The van der Waals surface area contributed by atoms with Crippen LogP contribution in [0, 0.1) is 5.82 Å². The summed E-state index contributed by atoms with van der Waals surface area (Å²) in [5, 5.41) is 2.81. The van der Waals surface area contributed by atoms with Crippen LogP contribution in [-0.2, 0) is 4.79 Å². The second-order valence-corrected chi connectivity index (χ2v) is 6.27. The molecule has 0 radical (unpaired) electrons. The Balaban J connectivity index is 1.76. The van der Waals surface area contributed by atoms with Gasteiger partial charge in [0.1, 0.15) is 11.6 Å². The van der Waals surface area contributed by atoms with Gasteiger partial charge in [0.25, 0.3) is 0 Å². The van der Waals surface area contributed by atoms with E-state index in [0.29, 0.717) is 11.4 Å². The third-order valence-electron chi connectivity index (χ3n) is 4.47. The van der Waals surface area contributed by atoms with Crippen molar-refractivity contribution in [3.8, 4) is 5.75 Å². The molecule has 1 amide bonds. The van der Waals surface area contributed by atoms with Gasteiger partial charge in [-0.05, 0) is 49.6 Å². The van der Waals surface area contributed by atoms with Crippen LogP contribution in [0.5, 0.6) is 5.75 Å². The maximum Gasteiger partial charge on any atom is 0.248 e. The number of methoxy groups -OCH3 is 1. The Labute approximate surface area is 153 Å².